The van der Waals surface area contributed by atoms with Crippen molar-refractivity contribution < 1.29 is 4.42 Å². The van der Waals surface area contributed by atoms with Gasteiger partial charge in [0, 0.05) is 10.9 Å². The minimum atomic E-state index is 0.252. The topological polar surface area (TPSA) is 25.2 Å². The van der Waals surface area contributed by atoms with Crippen molar-refractivity contribution in [3.05, 3.63) is 46.5 Å². The van der Waals surface area contributed by atoms with Crippen LogP contribution < -0.4 is 5.32 Å². The van der Waals surface area contributed by atoms with Crippen LogP contribution in [0.15, 0.2) is 40.3 Å². The monoisotopic (exact) mass is 235 g/mol. The number of furan rings is 1. The zero-order valence-electron chi connectivity index (χ0n) is 9.64. The van der Waals surface area contributed by atoms with Crippen LogP contribution in [0.4, 0.5) is 0 Å². The third-order valence-corrected chi connectivity index (χ3v) is 3.70. The summed E-state index contributed by atoms with van der Waals surface area (Å²) in [6.45, 7) is 4.33. The van der Waals surface area contributed by atoms with Gasteiger partial charge in [0.2, 0.25) is 0 Å². The van der Waals surface area contributed by atoms with Crippen molar-refractivity contribution in [2.75, 3.05) is 0 Å². The molecule has 2 atom stereocenters. The van der Waals surface area contributed by atoms with E-state index in [1.54, 1.807) is 17.6 Å². The third-order valence-electron chi connectivity index (χ3n) is 2.72. The van der Waals surface area contributed by atoms with E-state index in [9.17, 15) is 0 Å². The summed E-state index contributed by atoms with van der Waals surface area (Å²) in [6.07, 6.45) is 2.81. The molecule has 0 fully saturated rings. The standard InChI is InChI=1S/C13H17NOS/c1-3-11(13-7-5-9-16-13)14-10(2)12-6-4-8-15-12/h4-11,14H,3H2,1-2H3/t10-,11?/m0/s1. The van der Waals surface area contributed by atoms with E-state index in [-0.39, 0.29) is 6.04 Å². The first-order chi connectivity index (χ1) is 7.81. The Morgan fingerprint density at radius 1 is 1.38 bits per heavy atom. The highest BCUT2D eigenvalue weighted by Crippen LogP contribution is 2.25. The predicted octanol–water partition coefficient (Wildman–Crippen LogP) is 4.14. The van der Waals surface area contributed by atoms with Crippen LogP contribution in [0.2, 0.25) is 0 Å². The number of thiophene rings is 1. The molecule has 16 heavy (non-hydrogen) atoms. The molecule has 0 saturated carbocycles. The Morgan fingerprint density at radius 3 is 2.81 bits per heavy atom. The van der Waals surface area contributed by atoms with E-state index in [2.05, 4.69) is 36.7 Å². The van der Waals surface area contributed by atoms with Gasteiger partial charge in [-0.2, -0.15) is 0 Å². The summed E-state index contributed by atoms with van der Waals surface area (Å²) < 4.78 is 5.40. The Hall–Kier alpha value is -1.06. The van der Waals surface area contributed by atoms with Crippen LogP contribution in [0.3, 0.4) is 0 Å². The van der Waals surface area contributed by atoms with Crippen molar-refractivity contribution in [1.29, 1.82) is 0 Å². The van der Waals surface area contributed by atoms with Gasteiger partial charge in [0.1, 0.15) is 5.76 Å². The SMILES string of the molecule is CCC(N[C@@H](C)c1ccco1)c1cccs1. The summed E-state index contributed by atoms with van der Waals surface area (Å²) in [4.78, 5) is 1.39. The molecule has 3 heteroatoms. The maximum absolute atomic E-state index is 5.40. The second kappa shape index (κ2) is 5.32. The Labute approximate surface area is 100 Å². The zero-order valence-corrected chi connectivity index (χ0v) is 10.5. The summed E-state index contributed by atoms with van der Waals surface area (Å²) in [5, 5.41) is 5.71. The maximum Gasteiger partial charge on any atom is 0.120 e. The molecule has 0 aliphatic carbocycles. The van der Waals surface area contributed by atoms with Crippen LogP contribution in [0.1, 0.15) is 43.0 Å². The Bertz CT molecular complexity index is 394. The predicted molar refractivity (Wildman–Crippen MR) is 67.6 cm³/mol. The average molecular weight is 235 g/mol. The van der Waals surface area contributed by atoms with E-state index < -0.39 is 0 Å². The third kappa shape index (κ3) is 2.54. The fourth-order valence-corrected chi connectivity index (χ4v) is 2.68. The summed E-state index contributed by atoms with van der Waals surface area (Å²) in [5.74, 6) is 0.995. The van der Waals surface area contributed by atoms with Gasteiger partial charge in [-0.25, -0.2) is 0 Å². The summed E-state index contributed by atoms with van der Waals surface area (Å²) in [7, 11) is 0. The van der Waals surface area contributed by atoms with Gasteiger partial charge >= 0.3 is 0 Å². The lowest BCUT2D eigenvalue weighted by atomic mass is 10.1. The molecule has 2 heterocycles. The first-order valence-electron chi connectivity index (χ1n) is 5.64. The second-order valence-corrected chi connectivity index (χ2v) is 4.86. The van der Waals surface area contributed by atoms with Crippen LogP contribution in [0.5, 0.6) is 0 Å². The molecule has 2 nitrogen and oxygen atoms in total. The molecule has 0 spiro atoms. The highest BCUT2D eigenvalue weighted by molar-refractivity contribution is 7.10. The molecule has 0 bridgehead atoms. The Balaban J connectivity index is 2.02. The number of hydrogen-bond donors (Lipinski definition) is 1. The van der Waals surface area contributed by atoms with Gasteiger partial charge in [-0.05, 0) is 36.9 Å². The molecule has 1 unspecified atom stereocenters. The van der Waals surface area contributed by atoms with E-state index in [1.807, 2.05) is 12.1 Å². The minimum Gasteiger partial charge on any atom is -0.468 e. The number of rotatable bonds is 5. The molecule has 0 saturated heterocycles. The van der Waals surface area contributed by atoms with Crippen molar-refractivity contribution in [2.45, 2.75) is 32.4 Å². The highest BCUT2D eigenvalue weighted by atomic mass is 32.1. The zero-order chi connectivity index (χ0) is 11.4. The number of hydrogen-bond acceptors (Lipinski definition) is 3. The molecule has 0 amide bonds. The molecule has 0 radical (unpaired) electrons. The lowest BCUT2D eigenvalue weighted by Crippen LogP contribution is -2.23. The Kier molecular flexibility index (Phi) is 3.80. The maximum atomic E-state index is 5.40. The molecule has 86 valence electrons. The van der Waals surface area contributed by atoms with Crippen molar-refractivity contribution in [1.82, 2.24) is 5.32 Å². The average Bonchev–Trinajstić information content (AvgIpc) is 2.96. The van der Waals surface area contributed by atoms with Gasteiger partial charge in [-0.1, -0.05) is 13.0 Å². The lowest BCUT2D eigenvalue weighted by molar-refractivity contribution is 0.389. The molecule has 0 aliphatic rings. The smallest absolute Gasteiger partial charge is 0.120 e. The first-order valence-corrected chi connectivity index (χ1v) is 6.52. The van der Waals surface area contributed by atoms with Crippen LogP contribution in [-0.4, -0.2) is 0 Å². The molecule has 0 aromatic carbocycles. The number of nitrogens with one attached hydrogen (secondary N) is 1. The normalized spacial score (nSPS) is 14.9. The Morgan fingerprint density at radius 2 is 2.25 bits per heavy atom. The first kappa shape index (κ1) is 11.4. The van der Waals surface area contributed by atoms with E-state index in [4.69, 9.17) is 4.42 Å². The van der Waals surface area contributed by atoms with Crippen LogP contribution in [-0.2, 0) is 0 Å². The highest BCUT2D eigenvalue weighted by Gasteiger charge is 2.15. The van der Waals surface area contributed by atoms with Crippen molar-refractivity contribution in [3.8, 4) is 0 Å². The van der Waals surface area contributed by atoms with Gasteiger partial charge in [0.15, 0.2) is 0 Å². The molecule has 1 N–H and O–H groups in total. The van der Waals surface area contributed by atoms with Gasteiger partial charge in [-0.15, -0.1) is 11.3 Å². The van der Waals surface area contributed by atoms with Gasteiger partial charge in [0.05, 0.1) is 12.3 Å². The van der Waals surface area contributed by atoms with E-state index >= 15 is 0 Å². The molecular formula is C13H17NOS. The van der Waals surface area contributed by atoms with Crippen LogP contribution in [0.25, 0.3) is 0 Å². The van der Waals surface area contributed by atoms with Crippen LogP contribution >= 0.6 is 11.3 Å². The van der Waals surface area contributed by atoms with Gasteiger partial charge in [-0.3, -0.25) is 5.32 Å². The quantitative estimate of drug-likeness (QED) is 0.842. The van der Waals surface area contributed by atoms with Crippen molar-refractivity contribution in [2.24, 2.45) is 0 Å². The van der Waals surface area contributed by atoms with E-state index in [0.717, 1.165) is 12.2 Å². The molecule has 2 rings (SSSR count). The van der Waals surface area contributed by atoms with Gasteiger partial charge < -0.3 is 4.42 Å². The van der Waals surface area contributed by atoms with Crippen molar-refractivity contribution in [3.63, 3.8) is 0 Å². The summed E-state index contributed by atoms with van der Waals surface area (Å²) >= 11 is 1.80. The van der Waals surface area contributed by atoms with E-state index in [0.29, 0.717) is 6.04 Å². The minimum absolute atomic E-state index is 0.252. The fraction of sp³-hybridized carbons (Fsp3) is 0.385. The second-order valence-electron chi connectivity index (χ2n) is 3.88. The summed E-state index contributed by atoms with van der Waals surface area (Å²) in [6, 6.07) is 8.89. The molecule has 2 aromatic heterocycles. The van der Waals surface area contributed by atoms with Crippen LogP contribution in [0, 0.1) is 0 Å². The fourth-order valence-electron chi connectivity index (χ4n) is 1.81. The molecule has 2 aromatic rings. The van der Waals surface area contributed by atoms with Gasteiger partial charge in [0.25, 0.3) is 0 Å². The largest absolute Gasteiger partial charge is 0.468 e. The summed E-state index contributed by atoms with van der Waals surface area (Å²) in [5.41, 5.74) is 0. The van der Waals surface area contributed by atoms with E-state index in [1.165, 1.54) is 4.88 Å². The lowest BCUT2D eigenvalue weighted by Gasteiger charge is -2.19. The van der Waals surface area contributed by atoms with Crippen molar-refractivity contribution >= 4 is 11.3 Å². The molecular weight excluding hydrogens is 218 g/mol. The molecule has 0 aliphatic heterocycles.